The fourth-order valence-corrected chi connectivity index (χ4v) is 5.19. The van der Waals surface area contributed by atoms with Gasteiger partial charge in [0.25, 0.3) is 0 Å². The fraction of sp³-hybridized carbons (Fsp3) is 0.478. The Hall–Kier alpha value is -2.14. The molecule has 4 nitrogen and oxygen atoms in total. The molecule has 1 aromatic carbocycles. The largest absolute Gasteiger partial charge is 0.459 e. The number of benzene rings is 1. The number of nitrogens with one attached hydrogen (secondary N) is 1. The van der Waals surface area contributed by atoms with Crippen molar-refractivity contribution in [2.24, 2.45) is 5.92 Å². The second kappa shape index (κ2) is 8.91. The highest BCUT2D eigenvalue weighted by Crippen LogP contribution is 2.40. The summed E-state index contributed by atoms with van der Waals surface area (Å²) in [7, 11) is 0. The zero-order chi connectivity index (χ0) is 20.3. The van der Waals surface area contributed by atoms with Gasteiger partial charge in [-0.25, -0.2) is 4.79 Å². The molecule has 0 aliphatic heterocycles. The summed E-state index contributed by atoms with van der Waals surface area (Å²) in [5.74, 6) is -0.0475. The van der Waals surface area contributed by atoms with Crippen LogP contribution in [0.15, 0.2) is 30.3 Å². The maximum absolute atomic E-state index is 13.1. The van der Waals surface area contributed by atoms with Gasteiger partial charge in [-0.3, -0.25) is 4.79 Å². The molecule has 5 heteroatoms. The number of amides is 1. The topological polar surface area (TPSA) is 55.4 Å². The highest BCUT2D eigenvalue weighted by molar-refractivity contribution is 7.17. The van der Waals surface area contributed by atoms with Crippen molar-refractivity contribution >= 4 is 28.2 Å². The molecule has 1 aromatic heterocycles. The monoisotopic (exact) mass is 399 g/mol. The molecule has 1 amide bonds. The lowest BCUT2D eigenvalue weighted by Gasteiger charge is -2.19. The van der Waals surface area contributed by atoms with Gasteiger partial charge in [0.2, 0.25) is 5.91 Å². The molecule has 0 radical (unpaired) electrons. The maximum atomic E-state index is 13.1. The van der Waals surface area contributed by atoms with Crippen LogP contribution in [0, 0.1) is 5.92 Å². The first-order valence-corrected chi connectivity index (χ1v) is 10.9. The van der Waals surface area contributed by atoms with Gasteiger partial charge in [-0.2, -0.15) is 0 Å². The molecule has 0 saturated heterocycles. The van der Waals surface area contributed by atoms with E-state index in [0.29, 0.717) is 22.9 Å². The van der Waals surface area contributed by atoms with Crippen molar-refractivity contribution in [3.63, 3.8) is 0 Å². The molecular weight excluding hydrogens is 370 g/mol. The number of thiophene rings is 1. The van der Waals surface area contributed by atoms with Crippen molar-refractivity contribution in [1.29, 1.82) is 0 Å². The second-order valence-corrected chi connectivity index (χ2v) is 8.98. The highest BCUT2D eigenvalue weighted by Gasteiger charge is 2.30. The Labute approximate surface area is 171 Å². The Morgan fingerprint density at radius 1 is 1.25 bits per heavy atom. The Morgan fingerprint density at radius 2 is 1.96 bits per heavy atom. The number of ether oxygens (including phenoxy) is 1. The van der Waals surface area contributed by atoms with Gasteiger partial charge in [0.05, 0.1) is 17.6 Å². The quantitative estimate of drug-likeness (QED) is 0.646. The summed E-state index contributed by atoms with van der Waals surface area (Å²) < 4.78 is 5.50. The van der Waals surface area contributed by atoms with Gasteiger partial charge >= 0.3 is 5.97 Å². The molecule has 0 unspecified atom stereocenters. The molecule has 2 atom stereocenters. The number of carbonyl (C=O) groups is 2. The Bertz CT molecular complexity index is 841. The van der Waals surface area contributed by atoms with E-state index in [0.717, 1.165) is 30.4 Å². The molecule has 3 rings (SSSR count). The normalized spacial score (nSPS) is 17.1. The van der Waals surface area contributed by atoms with E-state index in [1.165, 1.54) is 16.2 Å². The van der Waals surface area contributed by atoms with Gasteiger partial charge in [-0.1, -0.05) is 44.2 Å². The number of hydrogen-bond donors (Lipinski definition) is 1. The minimum Gasteiger partial charge on any atom is -0.459 e. The summed E-state index contributed by atoms with van der Waals surface area (Å²) in [6.45, 7) is 7.93. The number of esters is 1. The van der Waals surface area contributed by atoms with Crippen LogP contribution in [0.2, 0.25) is 0 Å². The summed E-state index contributed by atoms with van der Waals surface area (Å²) in [5.41, 5.74) is 2.62. The van der Waals surface area contributed by atoms with Crippen molar-refractivity contribution in [1.82, 2.24) is 0 Å². The van der Waals surface area contributed by atoms with Crippen LogP contribution < -0.4 is 5.32 Å². The average molecular weight is 400 g/mol. The number of rotatable bonds is 6. The van der Waals surface area contributed by atoms with Crippen LogP contribution in [-0.4, -0.2) is 18.0 Å². The molecular formula is C23H29NO3S. The average Bonchev–Trinajstić information content (AvgIpc) is 2.99. The fourth-order valence-electron chi connectivity index (χ4n) is 3.78. The number of carbonyl (C=O) groups excluding carboxylic acids is 2. The molecule has 2 aromatic rings. The van der Waals surface area contributed by atoms with Gasteiger partial charge in [-0.15, -0.1) is 11.3 Å². The van der Waals surface area contributed by atoms with Crippen molar-refractivity contribution in [3.8, 4) is 0 Å². The summed E-state index contributed by atoms with van der Waals surface area (Å²) >= 11 is 1.54. The zero-order valence-corrected chi connectivity index (χ0v) is 17.9. The standard InChI is InChI=1S/C23H29NO3S/c1-5-17(16-9-7-6-8-10-16)21(25)24-22-20(23(26)27-14(2)3)18-12-11-15(4)13-19(18)28-22/h6-10,14-15,17H,5,11-13H2,1-4H3,(H,24,25)/t15-,17-/m0/s1. The summed E-state index contributed by atoms with van der Waals surface area (Å²) in [6, 6.07) is 9.79. The molecule has 0 saturated carbocycles. The summed E-state index contributed by atoms with van der Waals surface area (Å²) in [4.78, 5) is 27.1. The molecule has 1 heterocycles. The highest BCUT2D eigenvalue weighted by atomic mass is 32.1. The van der Waals surface area contributed by atoms with Crippen LogP contribution in [0.1, 0.15) is 72.8 Å². The van der Waals surface area contributed by atoms with Gasteiger partial charge in [0.15, 0.2) is 0 Å². The lowest BCUT2D eigenvalue weighted by molar-refractivity contribution is -0.117. The van der Waals surface area contributed by atoms with Crippen LogP contribution in [0.5, 0.6) is 0 Å². The van der Waals surface area contributed by atoms with Crippen molar-refractivity contribution in [2.45, 2.75) is 65.4 Å². The second-order valence-electron chi connectivity index (χ2n) is 7.87. The van der Waals surface area contributed by atoms with E-state index in [-0.39, 0.29) is 23.9 Å². The Kier molecular flexibility index (Phi) is 6.55. The van der Waals surface area contributed by atoms with Crippen molar-refractivity contribution in [2.75, 3.05) is 5.32 Å². The first-order chi connectivity index (χ1) is 13.4. The first kappa shape index (κ1) is 20.6. The lowest BCUT2D eigenvalue weighted by Crippen LogP contribution is -2.22. The predicted molar refractivity (Wildman–Crippen MR) is 114 cm³/mol. The Balaban J connectivity index is 1.92. The van der Waals surface area contributed by atoms with Crippen molar-refractivity contribution < 1.29 is 14.3 Å². The number of anilines is 1. The van der Waals surface area contributed by atoms with Gasteiger partial charge in [0, 0.05) is 4.88 Å². The van der Waals surface area contributed by atoms with E-state index in [1.54, 1.807) is 0 Å². The first-order valence-electron chi connectivity index (χ1n) is 10.1. The predicted octanol–water partition coefficient (Wildman–Crippen LogP) is 5.57. The van der Waals surface area contributed by atoms with Gasteiger partial charge in [0.1, 0.15) is 5.00 Å². The van der Waals surface area contributed by atoms with Gasteiger partial charge in [-0.05, 0) is 56.6 Å². The SMILES string of the molecule is CC[C@H](C(=O)Nc1sc2c(c1C(=O)OC(C)C)CC[C@H](C)C2)c1ccccc1. The molecule has 0 bridgehead atoms. The third-order valence-electron chi connectivity index (χ3n) is 5.22. The van der Waals surface area contributed by atoms with E-state index in [2.05, 4.69) is 12.2 Å². The maximum Gasteiger partial charge on any atom is 0.341 e. The van der Waals surface area contributed by atoms with Crippen LogP contribution in [0.4, 0.5) is 5.00 Å². The summed E-state index contributed by atoms with van der Waals surface area (Å²) in [5, 5.41) is 3.71. The number of fused-ring (bicyclic) bond motifs is 1. The molecule has 28 heavy (non-hydrogen) atoms. The van der Waals surface area contributed by atoms with Crippen LogP contribution in [-0.2, 0) is 22.4 Å². The smallest absolute Gasteiger partial charge is 0.341 e. The van der Waals surface area contributed by atoms with E-state index < -0.39 is 0 Å². The van der Waals surface area contributed by atoms with Crippen molar-refractivity contribution in [3.05, 3.63) is 51.9 Å². The van der Waals surface area contributed by atoms with E-state index in [4.69, 9.17) is 4.74 Å². The number of hydrogen-bond acceptors (Lipinski definition) is 4. The third kappa shape index (κ3) is 4.46. The third-order valence-corrected chi connectivity index (χ3v) is 6.39. The molecule has 150 valence electrons. The van der Waals surface area contributed by atoms with Crippen LogP contribution in [0.3, 0.4) is 0 Å². The molecule has 1 N–H and O–H groups in total. The van der Waals surface area contributed by atoms with E-state index >= 15 is 0 Å². The minimum absolute atomic E-state index is 0.0704. The lowest BCUT2D eigenvalue weighted by atomic mass is 9.88. The molecule has 1 aliphatic carbocycles. The van der Waals surface area contributed by atoms with Gasteiger partial charge < -0.3 is 10.1 Å². The molecule has 1 aliphatic rings. The molecule has 0 fully saturated rings. The summed E-state index contributed by atoms with van der Waals surface area (Å²) in [6.07, 6.45) is 3.38. The van der Waals surface area contributed by atoms with E-state index in [1.807, 2.05) is 51.1 Å². The minimum atomic E-state index is -0.329. The zero-order valence-electron chi connectivity index (χ0n) is 17.1. The molecule has 0 spiro atoms. The Morgan fingerprint density at radius 3 is 2.61 bits per heavy atom. The van der Waals surface area contributed by atoms with Crippen LogP contribution in [0.25, 0.3) is 0 Å². The van der Waals surface area contributed by atoms with E-state index in [9.17, 15) is 9.59 Å². The van der Waals surface area contributed by atoms with Crippen LogP contribution >= 0.6 is 11.3 Å².